The van der Waals surface area contributed by atoms with Crippen LogP contribution in [0.1, 0.15) is 16.8 Å². The van der Waals surface area contributed by atoms with Crippen LogP contribution in [-0.4, -0.2) is 64.1 Å². The van der Waals surface area contributed by atoms with Gasteiger partial charge >= 0.3 is 0 Å². The zero-order valence-electron chi connectivity index (χ0n) is 18.9. The second-order valence-electron chi connectivity index (χ2n) is 8.39. The van der Waals surface area contributed by atoms with E-state index >= 15 is 0 Å². The van der Waals surface area contributed by atoms with E-state index in [0.717, 1.165) is 22.5 Å². The van der Waals surface area contributed by atoms with Gasteiger partial charge in [0.2, 0.25) is 11.8 Å². The number of rotatable bonds is 6. The predicted molar refractivity (Wildman–Crippen MR) is 130 cm³/mol. The normalized spacial score (nSPS) is 14.3. The molecule has 2 amide bonds. The van der Waals surface area contributed by atoms with Gasteiger partial charge in [-0.15, -0.1) is 0 Å². The molecule has 1 saturated heterocycles. The van der Waals surface area contributed by atoms with Crippen molar-refractivity contribution in [1.29, 1.82) is 0 Å². The lowest BCUT2D eigenvalue weighted by Crippen LogP contribution is -2.50. The van der Waals surface area contributed by atoms with Crippen LogP contribution in [-0.2, 0) is 16.0 Å². The molecule has 33 heavy (non-hydrogen) atoms. The van der Waals surface area contributed by atoms with E-state index in [1.54, 1.807) is 10.7 Å². The molecular weight excluding hydrogens is 438 g/mol. The van der Waals surface area contributed by atoms with Gasteiger partial charge in [-0.2, -0.15) is 5.10 Å². The number of nitrogens with one attached hydrogen (secondary N) is 1. The summed E-state index contributed by atoms with van der Waals surface area (Å²) in [5, 5.41) is 8.12. The fourth-order valence-corrected chi connectivity index (χ4v) is 4.13. The van der Waals surface area contributed by atoms with Crippen LogP contribution in [0.4, 0.5) is 5.82 Å². The number of piperazine rings is 1. The molecule has 0 saturated carbocycles. The third-order valence-corrected chi connectivity index (χ3v) is 6.14. The lowest BCUT2D eigenvalue weighted by atomic mass is 10.1. The van der Waals surface area contributed by atoms with E-state index in [-0.39, 0.29) is 18.4 Å². The summed E-state index contributed by atoms with van der Waals surface area (Å²) >= 11 is 6.18. The Morgan fingerprint density at radius 3 is 2.39 bits per heavy atom. The number of aryl methyl sites for hydroxylation is 2. The van der Waals surface area contributed by atoms with Gasteiger partial charge in [0.1, 0.15) is 5.82 Å². The van der Waals surface area contributed by atoms with E-state index in [9.17, 15) is 9.59 Å². The molecule has 1 aromatic heterocycles. The van der Waals surface area contributed by atoms with E-state index in [2.05, 4.69) is 15.3 Å². The first-order valence-electron chi connectivity index (χ1n) is 11.1. The third kappa shape index (κ3) is 5.80. The molecule has 172 valence electrons. The number of aromatic nitrogens is 2. The number of carbonyl (C=O) groups is 2. The predicted octanol–water partition coefficient (Wildman–Crippen LogP) is 3.47. The summed E-state index contributed by atoms with van der Waals surface area (Å²) in [4.78, 5) is 29.3. The standard InChI is InChI=1S/C25H28ClN5O2/c1-18-7-9-21(10-8-18)31-23(15-19(2)28-31)27-24(32)17-29-11-13-30(14-12-29)25(33)16-20-5-3-4-6-22(20)26/h3-10,15H,11-14,16-17H2,1-2H3,(H,27,32). The maximum Gasteiger partial charge on any atom is 0.239 e. The summed E-state index contributed by atoms with van der Waals surface area (Å²) in [6.07, 6.45) is 0.294. The van der Waals surface area contributed by atoms with Crippen molar-refractivity contribution < 1.29 is 9.59 Å². The molecule has 1 fully saturated rings. The van der Waals surface area contributed by atoms with Crippen LogP contribution in [0, 0.1) is 13.8 Å². The molecule has 0 atom stereocenters. The number of nitrogens with zero attached hydrogens (tertiary/aromatic N) is 4. The second-order valence-corrected chi connectivity index (χ2v) is 8.80. The van der Waals surface area contributed by atoms with Crippen molar-refractivity contribution in [3.8, 4) is 5.69 Å². The van der Waals surface area contributed by atoms with Gasteiger partial charge in [-0.25, -0.2) is 4.68 Å². The summed E-state index contributed by atoms with van der Waals surface area (Å²) in [5.74, 6) is 0.610. The molecule has 2 aromatic carbocycles. The lowest BCUT2D eigenvalue weighted by Gasteiger charge is -2.34. The molecule has 2 heterocycles. The highest BCUT2D eigenvalue weighted by Crippen LogP contribution is 2.19. The summed E-state index contributed by atoms with van der Waals surface area (Å²) in [6.45, 7) is 6.69. The molecule has 4 rings (SSSR count). The molecule has 0 spiro atoms. The first kappa shape index (κ1) is 23.0. The van der Waals surface area contributed by atoms with Crippen LogP contribution in [0.3, 0.4) is 0 Å². The van der Waals surface area contributed by atoms with Gasteiger partial charge < -0.3 is 10.2 Å². The van der Waals surface area contributed by atoms with Gasteiger partial charge in [-0.05, 0) is 37.6 Å². The van der Waals surface area contributed by atoms with Crippen LogP contribution in [0.25, 0.3) is 5.69 Å². The Hall–Kier alpha value is -3.16. The third-order valence-electron chi connectivity index (χ3n) is 5.77. The van der Waals surface area contributed by atoms with Crippen LogP contribution < -0.4 is 5.32 Å². The van der Waals surface area contributed by atoms with E-state index in [1.165, 1.54) is 0 Å². The Bertz CT molecular complexity index is 1130. The summed E-state index contributed by atoms with van der Waals surface area (Å²) in [7, 11) is 0. The number of amides is 2. The smallest absolute Gasteiger partial charge is 0.239 e. The summed E-state index contributed by atoms with van der Waals surface area (Å²) in [6, 6.07) is 17.3. The number of halogens is 1. The minimum Gasteiger partial charge on any atom is -0.340 e. The molecule has 3 aromatic rings. The average molecular weight is 466 g/mol. The lowest BCUT2D eigenvalue weighted by molar-refractivity contribution is -0.132. The highest BCUT2D eigenvalue weighted by atomic mass is 35.5. The number of benzene rings is 2. The summed E-state index contributed by atoms with van der Waals surface area (Å²) < 4.78 is 1.75. The Morgan fingerprint density at radius 1 is 1.00 bits per heavy atom. The molecule has 8 heteroatoms. The number of anilines is 1. The maximum atomic E-state index is 12.7. The monoisotopic (exact) mass is 465 g/mol. The average Bonchev–Trinajstić information content (AvgIpc) is 3.16. The number of hydrogen-bond donors (Lipinski definition) is 1. The Balaban J connectivity index is 1.30. The largest absolute Gasteiger partial charge is 0.340 e. The molecule has 0 unspecified atom stereocenters. The van der Waals surface area contributed by atoms with E-state index in [1.807, 2.05) is 67.3 Å². The molecule has 7 nitrogen and oxygen atoms in total. The first-order valence-corrected chi connectivity index (χ1v) is 11.4. The van der Waals surface area contributed by atoms with E-state index in [4.69, 9.17) is 11.6 Å². The Labute approximate surface area is 198 Å². The van der Waals surface area contributed by atoms with E-state index < -0.39 is 0 Å². The maximum absolute atomic E-state index is 12.7. The highest BCUT2D eigenvalue weighted by molar-refractivity contribution is 6.31. The molecule has 0 bridgehead atoms. The minimum absolute atomic E-state index is 0.0599. The SMILES string of the molecule is Cc1ccc(-n2nc(C)cc2NC(=O)CN2CCN(C(=O)Cc3ccccc3Cl)CC2)cc1. The van der Waals surface area contributed by atoms with Crippen molar-refractivity contribution in [2.75, 3.05) is 38.0 Å². The van der Waals surface area contributed by atoms with Crippen molar-refractivity contribution in [2.45, 2.75) is 20.3 Å². The molecule has 1 aliphatic rings. The highest BCUT2D eigenvalue weighted by Gasteiger charge is 2.23. The van der Waals surface area contributed by atoms with Crippen molar-refractivity contribution in [2.24, 2.45) is 0 Å². The van der Waals surface area contributed by atoms with Gasteiger partial charge in [0.15, 0.2) is 0 Å². The van der Waals surface area contributed by atoms with Gasteiger partial charge in [0.05, 0.1) is 24.3 Å². The summed E-state index contributed by atoms with van der Waals surface area (Å²) in [5.41, 5.74) is 3.73. The van der Waals surface area contributed by atoms with Crippen molar-refractivity contribution >= 4 is 29.2 Å². The van der Waals surface area contributed by atoms with Gasteiger partial charge in [-0.1, -0.05) is 47.5 Å². The molecule has 0 radical (unpaired) electrons. The number of hydrogen-bond acceptors (Lipinski definition) is 4. The van der Waals surface area contributed by atoms with Crippen molar-refractivity contribution in [1.82, 2.24) is 19.6 Å². The molecule has 1 aliphatic heterocycles. The van der Waals surface area contributed by atoms with Gasteiger partial charge in [0, 0.05) is 37.3 Å². The van der Waals surface area contributed by atoms with E-state index in [0.29, 0.717) is 43.4 Å². The topological polar surface area (TPSA) is 70.5 Å². The molecule has 0 aliphatic carbocycles. The number of carbonyl (C=O) groups excluding carboxylic acids is 2. The van der Waals surface area contributed by atoms with Crippen LogP contribution in [0.15, 0.2) is 54.6 Å². The van der Waals surface area contributed by atoms with Gasteiger partial charge in [0.25, 0.3) is 0 Å². The Morgan fingerprint density at radius 2 is 1.70 bits per heavy atom. The second kappa shape index (κ2) is 10.2. The quantitative estimate of drug-likeness (QED) is 0.605. The fourth-order valence-electron chi connectivity index (χ4n) is 3.93. The zero-order valence-corrected chi connectivity index (χ0v) is 19.7. The van der Waals surface area contributed by atoms with Crippen LogP contribution in [0.5, 0.6) is 0 Å². The van der Waals surface area contributed by atoms with Gasteiger partial charge in [-0.3, -0.25) is 14.5 Å². The fraction of sp³-hybridized carbons (Fsp3) is 0.320. The van der Waals surface area contributed by atoms with Crippen molar-refractivity contribution in [3.63, 3.8) is 0 Å². The van der Waals surface area contributed by atoms with Crippen molar-refractivity contribution in [3.05, 3.63) is 76.4 Å². The minimum atomic E-state index is -0.0981. The van der Waals surface area contributed by atoms with Crippen LogP contribution in [0.2, 0.25) is 5.02 Å². The molecule has 1 N–H and O–H groups in total. The van der Waals surface area contributed by atoms with Crippen LogP contribution >= 0.6 is 11.6 Å². The first-order chi connectivity index (χ1) is 15.9. The Kier molecular flexibility index (Phi) is 7.11. The zero-order chi connectivity index (χ0) is 23.4. The molecular formula is C25H28ClN5O2.